The Bertz CT molecular complexity index is 632. The molecule has 3 nitrogen and oxygen atoms in total. The van der Waals surface area contributed by atoms with Gasteiger partial charge in [0.2, 0.25) is 0 Å². The van der Waals surface area contributed by atoms with Gasteiger partial charge in [-0.2, -0.15) is 5.26 Å². The van der Waals surface area contributed by atoms with E-state index in [1.54, 1.807) is 12.1 Å². The normalized spacial score (nSPS) is 9.95. The van der Waals surface area contributed by atoms with Crippen LogP contribution in [-0.2, 0) is 6.54 Å². The molecule has 0 aliphatic carbocycles. The molecule has 2 aromatic rings. The van der Waals surface area contributed by atoms with Crippen LogP contribution in [-0.4, -0.2) is 6.61 Å². The summed E-state index contributed by atoms with van der Waals surface area (Å²) in [6.45, 7) is 3.42. The van der Waals surface area contributed by atoms with Crippen LogP contribution in [0.1, 0.15) is 24.5 Å². The van der Waals surface area contributed by atoms with Crippen LogP contribution in [0.15, 0.2) is 42.5 Å². The van der Waals surface area contributed by atoms with Gasteiger partial charge in [-0.05, 0) is 48.4 Å². The van der Waals surface area contributed by atoms with Crippen LogP contribution in [0.2, 0.25) is 5.02 Å². The van der Waals surface area contributed by atoms with Gasteiger partial charge in [0.25, 0.3) is 0 Å². The first-order chi connectivity index (χ1) is 10.2. The summed E-state index contributed by atoms with van der Waals surface area (Å²) in [4.78, 5) is 0. The quantitative estimate of drug-likeness (QED) is 0.847. The lowest BCUT2D eigenvalue weighted by molar-refractivity contribution is 0.317. The number of nitriles is 1. The van der Waals surface area contributed by atoms with Crippen molar-refractivity contribution in [2.24, 2.45) is 0 Å². The fourth-order valence-corrected chi connectivity index (χ4v) is 2.09. The topological polar surface area (TPSA) is 45.0 Å². The molecule has 1 N–H and O–H groups in total. The third kappa shape index (κ3) is 4.40. The van der Waals surface area contributed by atoms with Gasteiger partial charge in [-0.15, -0.1) is 0 Å². The summed E-state index contributed by atoms with van der Waals surface area (Å²) < 4.78 is 5.54. The fourth-order valence-electron chi connectivity index (χ4n) is 1.85. The summed E-state index contributed by atoms with van der Waals surface area (Å²) in [5, 5.41) is 12.7. The molecule has 2 aromatic carbocycles. The maximum Gasteiger partial charge on any atom is 0.119 e. The number of nitrogens with one attached hydrogen (secondary N) is 1. The predicted molar refractivity (Wildman–Crippen MR) is 85.7 cm³/mol. The molecular formula is C17H17ClN2O. The lowest BCUT2D eigenvalue weighted by Gasteiger charge is -2.10. The monoisotopic (exact) mass is 300 g/mol. The summed E-state index contributed by atoms with van der Waals surface area (Å²) >= 11 is 6.15. The molecule has 0 fully saturated rings. The Morgan fingerprint density at radius 3 is 2.57 bits per heavy atom. The molecule has 21 heavy (non-hydrogen) atoms. The Hall–Kier alpha value is -2.18. The molecule has 0 saturated carbocycles. The SMILES string of the molecule is CCCOc1ccc(NCc2ccc(C#N)cc2Cl)cc1. The maximum absolute atomic E-state index is 8.81. The minimum Gasteiger partial charge on any atom is -0.494 e. The number of hydrogen-bond acceptors (Lipinski definition) is 3. The summed E-state index contributed by atoms with van der Waals surface area (Å²) in [5.74, 6) is 0.874. The molecule has 4 heteroatoms. The van der Waals surface area contributed by atoms with Gasteiger partial charge >= 0.3 is 0 Å². The molecule has 0 bridgehead atoms. The van der Waals surface area contributed by atoms with E-state index in [2.05, 4.69) is 18.3 Å². The minimum atomic E-state index is 0.571. The number of halogens is 1. The van der Waals surface area contributed by atoms with Crippen LogP contribution in [0.4, 0.5) is 5.69 Å². The van der Waals surface area contributed by atoms with Crippen LogP contribution in [0.5, 0.6) is 5.75 Å². The molecule has 0 aliphatic rings. The molecule has 0 heterocycles. The van der Waals surface area contributed by atoms with E-state index in [0.717, 1.165) is 30.0 Å². The molecule has 0 unspecified atom stereocenters. The number of benzene rings is 2. The second-order valence-electron chi connectivity index (χ2n) is 4.64. The zero-order chi connectivity index (χ0) is 15.1. The molecule has 0 spiro atoms. The van der Waals surface area contributed by atoms with Gasteiger partial charge in [0.1, 0.15) is 5.75 Å². The minimum absolute atomic E-state index is 0.571. The van der Waals surface area contributed by atoms with Crippen LogP contribution < -0.4 is 10.1 Å². The molecule has 0 amide bonds. The number of nitrogens with zero attached hydrogens (tertiary/aromatic N) is 1. The Morgan fingerprint density at radius 1 is 1.19 bits per heavy atom. The van der Waals surface area contributed by atoms with E-state index in [1.807, 2.05) is 30.3 Å². The Kier molecular flexibility index (Phi) is 5.48. The van der Waals surface area contributed by atoms with Crippen molar-refractivity contribution in [3.05, 3.63) is 58.6 Å². The van der Waals surface area contributed by atoms with Crippen molar-refractivity contribution in [1.29, 1.82) is 5.26 Å². The first-order valence-corrected chi connectivity index (χ1v) is 7.26. The van der Waals surface area contributed by atoms with Crippen molar-refractivity contribution in [3.63, 3.8) is 0 Å². The zero-order valence-electron chi connectivity index (χ0n) is 11.9. The van der Waals surface area contributed by atoms with Crippen LogP contribution in [0.25, 0.3) is 0 Å². The highest BCUT2D eigenvalue weighted by Gasteiger charge is 2.02. The van der Waals surface area contributed by atoms with Crippen molar-refractivity contribution in [2.75, 3.05) is 11.9 Å². The number of rotatable bonds is 6. The standard InChI is InChI=1S/C17H17ClN2O/c1-2-9-21-16-7-5-15(6-8-16)20-12-14-4-3-13(11-19)10-17(14)18/h3-8,10,20H,2,9,12H2,1H3. The van der Waals surface area contributed by atoms with E-state index < -0.39 is 0 Å². The maximum atomic E-state index is 8.81. The zero-order valence-corrected chi connectivity index (χ0v) is 12.7. The van der Waals surface area contributed by atoms with E-state index >= 15 is 0 Å². The molecule has 0 radical (unpaired) electrons. The molecule has 2 rings (SSSR count). The van der Waals surface area contributed by atoms with Crippen molar-refractivity contribution in [1.82, 2.24) is 0 Å². The second kappa shape index (κ2) is 7.56. The summed E-state index contributed by atoms with van der Waals surface area (Å²) in [7, 11) is 0. The van der Waals surface area contributed by atoms with Crippen molar-refractivity contribution >= 4 is 17.3 Å². The van der Waals surface area contributed by atoms with Crippen LogP contribution in [0, 0.1) is 11.3 Å². The number of anilines is 1. The average Bonchev–Trinajstić information content (AvgIpc) is 2.52. The van der Waals surface area contributed by atoms with E-state index in [1.165, 1.54) is 0 Å². The van der Waals surface area contributed by atoms with E-state index in [4.69, 9.17) is 21.6 Å². The lowest BCUT2D eigenvalue weighted by atomic mass is 10.1. The first kappa shape index (κ1) is 15.2. The second-order valence-corrected chi connectivity index (χ2v) is 5.05. The van der Waals surface area contributed by atoms with Gasteiger partial charge in [-0.1, -0.05) is 24.6 Å². The van der Waals surface area contributed by atoms with Crippen molar-refractivity contribution in [2.45, 2.75) is 19.9 Å². The largest absolute Gasteiger partial charge is 0.494 e. The van der Waals surface area contributed by atoms with Gasteiger partial charge in [-0.25, -0.2) is 0 Å². The molecular weight excluding hydrogens is 284 g/mol. The van der Waals surface area contributed by atoms with Crippen molar-refractivity contribution in [3.8, 4) is 11.8 Å². The van der Waals surface area contributed by atoms with Gasteiger partial charge in [-0.3, -0.25) is 0 Å². The first-order valence-electron chi connectivity index (χ1n) is 6.88. The summed E-state index contributed by atoms with van der Waals surface area (Å²) in [6.07, 6.45) is 0.997. The smallest absolute Gasteiger partial charge is 0.119 e. The fraction of sp³-hybridized carbons (Fsp3) is 0.235. The molecule has 0 aliphatic heterocycles. The average molecular weight is 301 g/mol. The van der Waals surface area contributed by atoms with E-state index in [9.17, 15) is 0 Å². The predicted octanol–water partition coefficient (Wildman–Crippen LogP) is 4.61. The van der Waals surface area contributed by atoms with Crippen molar-refractivity contribution < 1.29 is 4.74 Å². The Morgan fingerprint density at radius 2 is 1.95 bits per heavy atom. The molecule has 108 valence electrons. The van der Waals surface area contributed by atoms with Crippen LogP contribution in [0.3, 0.4) is 0 Å². The van der Waals surface area contributed by atoms with E-state index in [0.29, 0.717) is 17.1 Å². The van der Waals surface area contributed by atoms with Crippen LogP contribution >= 0.6 is 11.6 Å². The summed E-state index contributed by atoms with van der Waals surface area (Å²) in [5.41, 5.74) is 2.53. The molecule has 0 saturated heterocycles. The third-order valence-electron chi connectivity index (χ3n) is 2.99. The lowest BCUT2D eigenvalue weighted by Crippen LogP contribution is -2.00. The highest BCUT2D eigenvalue weighted by molar-refractivity contribution is 6.31. The molecule has 0 aromatic heterocycles. The Balaban J connectivity index is 1.95. The van der Waals surface area contributed by atoms with Gasteiger partial charge in [0, 0.05) is 17.3 Å². The van der Waals surface area contributed by atoms with Gasteiger partial charge in [0.15, 0.2) is 0 Å². The highest BCUT2D eigenvalue weighted by atomic mass is 35.5. The van der Waals surface area contributed by atoms with Gasteiger partial charge < -0.3 is 10.1 Å². The number of ether oxygens (including phenoxy) is 1. The number of hydrogen-bond donors (Lipinski definition) is 1. The third-order valence-corrected chi connectivity index (χ3v) is 3.34. The molecule has 0 atom stereocenters. The highest BCUT2D eigenvalue weighted by Crippen LogP contribution is 2.20. The summed E-state index contributed by atoms with van der Waals surface area (Å²) in [6, 6.07) is 15.2. The van der Waals surface area contributed by atoms with Gasteiger partial charge in [0.05, 0.1) is 18.2 Å². The van der Waals surface area contributed by atoms with E-state index in [-0.39, 0.29) is 0 Å². The Labute approximate surface area is 130 Å².